The Morgan fingerprint density at radius 2 is 2.05 bits per heavy atom. The number of hydrogen-bond acceptors (Lipinski definition) is 3. The van der Waals surface area contributed by atoms with Crippen molar-refractivity contribution in [3.63, 3.8) is 0 Å². The van der Waals surface area contributed by atoms with Crippen molar-refractivity contribution in [1.29, 1.82) is 0 Å². The molecule has 0 radical (unpaired) electrons. The molecule has 0 saturated carbocycles. The molecule has 0 aromatic carbocycles. The molecule has 3 amide bonds. The van der Waals surface area contributed by atoms with Gasteiger partial charge in [0.25, 0.3) is 5.91 Å². The van der Waals surface area contributed by atoms with Gasteiger partial charge in [0.1, 0.15) is 11.3 Å². The van der Waals surface area contributed by atoms with Crippen LogP contribution < -0.4 is 21.7 Å². The Morgan fingerprint density at radius 1 is 1.45 bits per heavy atom. The van der Waals surface area contributed by atoms with Crippen LogP contribution in [0.5, 0.6) is 0 Å². The average molecular weight is 280 g/mol. The molecule has 1 aromatic rings. The van der Waals surface area contributed by atoms with E-state index in [1.807, 2.05) is 0 Å². The van der Waals surface area contributed by atoms with Crippen molar-refractivity contribution < 1.29 is 14.7 Å². The number of amides is 3. The van der Waals surface area contributed by atoms with Crippen molar-refractivity contribution >= 4 is 18.2 Å². The van der Waals surface area contributed by atoms with Gasteiger partial charge in [0.15, 0.2) is 5.43 Å². The maximum absolute atomic E-state index is 12.1. The number of pyridine rings is 1. The van der Waals surface area contributed by atoms with Crippen LogP contribution in [0.2, 0.25) is 0 Å². The lowest BCUT2D eigenvalue weighted by atomic mass is 10.1. The number of nitrogens with zero attached hydrogens (tertiary/aromatic N) is 2. The predicted molar refractivity (Wildman–Crippen MR) is 73.3 cm³/mol. The molecule has 0 aliphatic carbocycles. The second-order valence-corrected chi connectivity index (χ2v) is 4.45. The van der Waals surface area contributed by atoms with Crippen LogP contribution in [0.1, 0.15) is 21.7 Å². The van der Waals surface area contributed by atoms with Gasteiger partial charge in [-0.15, -0.1) is 10.5 Å². The smallest absolute Gasteiger partial charge is 0.347 e. The number of hydrazone groups is 1. The van der Waals surface area contributed by atoms with Crippen molar-refractivity contribution in [2.45, 2.75) is 6.92 Å². The second-order valence-electron chi connectivity index (χ2n) is 4.45. The Morgan fingerprint density at radius 3 is 2.55 bits per heavy atom. The summed E-state index contributed by atoms with van der Waals surface area (Å²) in [6.45, 7) is 1.74. The highest BCUT2D eigenvalue weighted by Gasteiger charge is 2.21. The van der Waals surface area contributed by atoms with Gasteiger partial charge in [0.2, 0.25) is 6.21 Å². The Kier molecular flexibility index (Phi) is 4.63. The quantitative estimate of drug-likeness (QED) is 0.419. The molecule has 0 aliphatic rings. The molecule has 0 unspecified atom stereocenters. The van der Waals surface area contributed by atoms with Crippen LogP contribution in [-0.4, -0.2) is 41.7 Å². The lowest BCUT2D eigenvalue weighted by Gasteiger charge is -2.14. The molecule has 0 spiro atoms. The van der Waals surface area contributed by atoms with Crippen LogP contribution in [0.4, 0.5) is 4.79 Å². The Labute approximate surface area is 115 Å². The van der Waals surface area contributed by atoms with Gasteiger partial charge >= 0.3 is 6.03 Å². The van der Waals surface area contributed by atoms with E-state index in [4.69, 9.17) is 5.73 Å². The van der Waals surface area contributed by atoms with Crippen LogP contribution in [0.3, 0.4) is 0 Å². The van der Waals surface area contributed by atoms with Crippen molar-refractivity contribution in [2.75, 3.05) is 14.1 Å². The third kappa shape index (κ3) is 3.22. The first-order chi connectivity index (χ1) is 9.25. The van der Waals surface area contributed by atoms with Crippen molar-refractivity contribution in [3.8, 4) is 0 Å². The molecule has 8 nitrogen and oxygen atoms in total. The van der Waals surface area contributed by atoms with Crippen LogP contribution in [0, 0.1) is 6.92 Å². The first kappa shape index (κ1) is 15.4. The van der Waals surface area contributed by atoms with Gasteiger partial charge in [-0.25, -0.2) is 4.79 Å². The first-order valence-corrected chi connectivity index (χ1v) is 5.82. The molecule has 1 heterocycles. The summed E-state index contributed by atoms with van der Waals surface area (Å²) in [5.74, 6) is -0.419. The zero-order valence-electron chi connectivity index (χ0n) is 11.9. The lowest BCUT2D eigenvalue weighted by molar-refractivity contribution is -0.502. The van der Waals surface area contributed by atoms with Crippen LogP contribution in [-0.2, 0) is 7.05 Å². The van der Waals surface area contributed by atoms with E-state index >= 15 is 0 Å². The average Bonchev–Trinajstić information content (AvgIpc) is 2.34. The molecule has 0 fully saturated rings. The Hall–Kier alpha value is -2.64. The van der Waals surface area contributed by atoms with Gasteiger partial charge < -0.3 is 15.2 Å². The van der Waals surface area contributed by atoms with E-state index in [2.05, 4.69) is 10.5 Å². The minimum absolute atomic E-state index is 0.0156. The minimum atomic E-state index is -0.778. The maximum Gasteiger partial charge on any atom is 0.365 e. The van der Waals surface area contributed by atoms with E-state index in [9.17, 15) is 14.4 Å². The van der Waals surface area contributed by atoms with Crippen LogP contribution in [0.15, 0.2) is 10.9 Å². The van der Waals surface area contributed by atoms with E-state index in [0.29, 0.717) is 11.4 Å². The molecule has 108 valence electrons. The number of rotatable bonds is 3. The summed E-state index contributed by atoms with van der Waals surface area (Å²) in [6, 6.07) is 0.606. The molecular weight excluding hydrogens is 262 g/mol. The third-order valence-corrected chi connectivity index (χ3v) is 2.76. The van der Waals surface area contributed by atoms with Crippen LogP contribution >= 0.6 is 0 Å². The summed E-state index contributed by atoms with van der Waals surface area (Å²) < 4.78 is 1.66. The Balaban J connectivity index is 3.45. The molecule has 8 heteroatoms. The summed E-state index contributed by atoms with van der Waals surface area (Å²) in [4.78, 5) is 36.1. The van der Waals surface area contributed by atoms with E-state index in [0.717, 1.165) is 0 Å². The lowest BCUT2D eigenvalue weighted by Crippen LogP contribution is -2.82. The van der Waals surface area contributed by atoms with Crippen LogP contribution in [0.25, 0.3) is 0 Å². The van der Waals surface area contributed by atoms with Crippen molar-refractivity contribution in [3.05, 3.63) is 33.2 Å². The summed E-state index contributed by atoms with van der Waals surface area (Å²) in [7, 11) is 4.82. The third-order valence-electron chi connectivity index (χ3n) is 2.76. The van der Waals surface area contributed by atoms with Crippen molar-refractivity contribution in [1.82, 2.24) is 14.9 Å². The Bertz CT molecular complexity index is 631. The number of aromatic nitrogens is 1. The largest absolute Gasteiger partial charge is 0.365 e. The number of aryl methyl sites for hydroxylation is 1. The summed E-state index contributed by atoms with van der Waals surface area (Å²) in [5.41, 5.74) is 7.73. The molecule has 0 atom stereocenters. The van der Waals surface area contributed by atoms with E-state index in [1.54, 1.807) is 32.6 Å². The van der Waals surface area contributed by atoms with Gasteiger partial charge in [-0.05, 0) is 6.92 Å². The summed E-state index contributed by atoms with van der Waals surface area (Å²) in [6.07, 6.45) is 1.34. The number of urea groups is 1. The number of hydrazine groups is 1. The van der Waals surface area contributed by atoms with Gasteiger partial charge in [0.05, 0.1) is 0 Å². The standard InChI is InChI=1S/C12H17N5O3/c1-7-5-9(18)10(11(19)16(2)3)8(17(7)4)6-14-15-12(13)20/h5-6H,1-4H3,(H3,13,15,20)/p+1. The first-order valence-electron chi connectivity index (χ1n) is 5.82. The number of primary amides is 1. The SMILES string of the molecule is Cc1cc(=O)c(C(=O)N(C)C)c(C=[NH+]NC(N)=O)n1C. The molecule has 0 saturated heterocycles. The summed E-state index contributed by atoms with van der Waals surface area (Å²) in [5, 5.41) is 2.45. The van der Waals surface area contributed by atoms with Gasteiger partial charge in [0, 0.05) is 32.9 Å². The van der Waals surface area contributed by atoms with E-state index in [1.165, 1.54) is 17.2 Å². The van der Waals surface area contributed by atoms with Crippen molar-refractivity contribution in [2.24, 2.45) is 12.8 Å². The number of nitrogens with one attached hydrogen (secondary N) is 2. The van der Waals surface area contributed by atoms with Gasteiger partial charge in [-0.1, -0.05) is 0 Å². The topological polar surface area (TPSA) is 111 Å². The highest BCUT2D eigenvalue weighted by molar-refractivity contribution is 6.00. The molecule has 4 N–H and O–H groups in total. The highest BCUT2D eigenvalue weighted by Crippen LogP contribution is 2.05. The fraction of sp³-hybridized carbons (Fsp3) is 0.333. The molecule has 20 heavy (non-hydrogen) atoms. The van der Waals surface area contributed by atoms with Gasteiger partial charge in [-0.2, -0.15) is 0 Å². The van der Waals surface area contributed by atoms with E-state index in [-0.39, 0.29) is 11.0 Å². The zero-order valence-corrected chi connectivity index (χ0v) is 11.9. The highest BCUT2D eigenvalue weighted by atomic mass is 16.2. The van der Waals surface area contributed by atoms with Gasteiger partial charge in [-0.3, -0.25) is 9.59 Å². The molecule has 1 aromatic heterocycles. The predicted octanol–water partition coefficient (Wildman–Crippen LogP) is -2.52. The fourth-order valence-electron chi connectivity index (χ4n) is 1.63. The molecule has 0 aliphatic heterocycles. The molecule has 1 rings (SSSR count). The number of nitrogens with two attached hydrogens (primary N) is 1. The normalized spacial score (nSPS) is 10.6. The monoisotopic (exact) mass is 280 g/mol. The minimum Gasteiger partial charge on any atom is -0.347 e. The zero-order chi connectivity index (χ0) is 15.4. The number of hydrogen-bond donors (Lipinski definition) is 3. The summed E-state index contributed by atoms with van der Waals surface area (Å²) >= 11 is 0. The maximum atomic E-state index is 12.1. The number of carbonyl (C=O) groups excluding carboxylic acids is 2. The van der Waals surface area contributed by atoms with E-state index < -0.39 is 11.9 Å². The molecule has 0 bridgehead atoms. The molecular formula is C12H18N5O3+. The second kappa shape index (κ2) is 6.00. The fourth-order valence-corrected chi connectivity index (χ4v) is 1.63. The number of carbonyl (C=O) groups is 2.